The molecule has 3 rings (SSSR count). The maximum absolute atomic E-state index is 12.1. The van der Waals surface area contributed by atoms with E-state index in [4.69, 9.17) is 27.7 Å². The summed E-state index contributed by atoms with van der Waals surface area (Å²) in [6.45, 7) is 1.73. The Morgan fingerprint density at radius 2 is 1.93 bits per heavy atom. The second-order valence-corrected chi connectivity index (χ2v) is 8.90. The molecule has 0 aliphatic heterocycles. The number of nitrogens with zero attached hydrogens (tertiary/aromatic N) is 2. The van der Waals surface area contributed by atoms with Crippen molar-refractivity contribution < 1.29 is 14.1 Å². The van der Waals surface area contributed by atoms with Crippen molar-refractivity contribution in [2.45, 2.75) is 13.3 Å². The minimum absolute atomic E-state index is 0.121. The van der Waals surface area contributed by atoms with Crippen molar-refractivity contribution in [2.75, 3.05) is 22.1 Å². The Labute approximate surface area is 185 Å². The lowest BCUT2D eigenvalue weighted by Crippen LogP contribution is -2.18. The van der Waals surface area contributed by atoms with Gasteiger partial charge in [0.15, 0.2) is 10.9 Å². The zero-order valence-electron chi connectivity index (χ0n) is 15.2. The number of carbonyl (C=O) groups is 2. The van der Waals surface area contributed by atoms with Crippen molar-refractivity contribution in [1.82, 2.24) is 10.1 Å². The zero-order valence-corrected chi connectivity index (χ0v) is 18.3. The molecule has 29 heavy (non-hydrogen) atoms. The number of halogens is 2. The molecule has 1 aromatic carbocycles. The van der Waals surface area contributed by atoms with E-state index >= 15 is 0 Å². The van der Waals surface area contributed by atoms with Crippen LogP contribution in [0.15, 0.2) is 35.0 Å². The van der Waals surface area contributed by atoms with E-state index in [-0.39, 0.29) is 23.3 Å². The molecule has 0 fully saturated rings. The average molecular weight is 471 g/mol. The first kappa shape index (κ1) is 21.6. The summed E-state index contributed by atoms with van der Waals surface area (Å²) < 4.78 is 4.87. The Morgan fingerprint density at radius 1 is 1.17 bits per heavy atom. The Bertz CT molecular complexity index is 1020. The minimum Gasteiger partial charge on any atom is -0.360 e. The number of benzene rings is 1. The van der Waals surface area contributed by atoms with Gasteiger partial charge in [0.2, 0.25) is 11.8 Å². The van der Waals surface area contributed by atoms with E-state index in [1.54, 1.807) is 31.3 Å². The highest BCUT2D eigenvalue weighted by molar-refractivity contribution is 8.00. The van der Waals surface area contributed by atoms with Crippen molar-refractivity contribution in [1.29, 1.82) is 0 Å². The number of hydrogen-bond donors (Lipinski definition) is 2. The molecular weight excluding hydrogens is 455 g/mol. The van der Waals surface area contributed by atoms with Crippen molar-refractivity contribution >= 4 is 69.1 Å². The molecule has 2 heterocycles. The topological polar surface area (TPSA) is 97.1 Å². The van der Waals surface area contributed by atoms with E-state index in [1.807, 2.05) is 6.07 Å². The summed E-state index contributed by atoms with van der Waals surface area (Å²) in [5.74, 6) is 0.712. The number of thioether (sulfide) groups is 1. The summed E-state index contributed by atoms with van der Waals surface area (Å²) in [6, 6.07) is 6.91. The van der Waals surface area contributed by atoms with Crippen molar-refractivity contribution in [3.05, 3.63) is 56.7 Å². The average Bonchev–Trinajstić information content (AvgIpc) is 3.27. The lowest BCUT2D eigenvalue weighted by atomic mass is 10.1. The van der Waals surface area contributed by atoms with Gasteiger partial charge in [0.1, 0.15) is 5.76 Å². The van der Waals surface area contributed by atoms with E-state index in [2.05, 4.69) is 20.8 Å². The SMILES string of the molecule is Cc1cc(NC(=O)CSCC(=O)Nc2ncc(Cc3cc(Cl)ccc3Cl)s2)no1. The molecule has 0 saturated carbocycles. The minimum atomic E-state index is -0.258. The van der Waals surface area contributed by atoms with Crippen molar-refractivity contribution in [2.24, 2.45) is 0 Å². The number of anilines is 2. The summed E-state index contributed by atoms with van der Waals surface area (Å²) >= 11 is 14.7. The predicted molar refractivity (Wildman–Crippen MR) is 117 cm³/mol. The molecule has 2 amide bonds. The third kappa shape index (κ3) is 6.74. The van der Waals surface area contributed by atoms with Crippen LogP contribution in [0.25, 0.3) is 0 Å². The molecule has 0 spiro atoms. The molecule has 3 aromatic rings. The molecule has 7 nitrogen and oxygen atoms in total. The van der Waals surface area contributed by atoms with Gasteiger partial charge < -0.3 is 15.2 Å². The Balaban J connectivity index is 1.43. The highest BCUT2D eigenvalue weighted by atomic mass is 35.5. The lowest BCUT2D eigenvalue weighted by molar-refractivity contribution is -0.114. The number of aromatic nitrogens is 2. The number of rotatable bonds is 8. The van der Waals surface area contributed by atoms with Gasteiger partial charge in [-0.1, -0.05) is 28.4 Å². The monoisotopic (exact) mass is 470 g/mol. The zero-order chi connectivity index (χ0) is 20.8. The first-order chi connectivity index (χ1) is 13.9. The van der Waals surface area contributed by atoms with E-state index < -0.39 is 0 Å². The van der Waals surface area contributed by atoms with Gasteiger partial charge >= 0.3 is 0 Å². The Hall–Kier alpha value is -2.07. The molecule has 0 atom stereocenters. The van der Waals surface area contributed by atoms with E-state index in [9.17, 15) is 9.59 Å². The summed E-state index contributed by atoms with van der Waals surface area (Å²) in [4.78, 5) is 29.0. The van der Waals surface area contributed by atoms with Crippen molar-refractivity contribution in [3.63, 3.8) is 0 Å². The first-order valence-corrected chi connectivity index (χ1v) is 11.1. The maximum atomic E-state index is 12.1. The molecule has 2 N–H and O–H groups in total. The van der Waals surface area contributed by atoms with Crippen LogP contribution in [0.3, 0.4) is 0 Å². The van der Waals surface area contributed by atoms with Crippen LogP contribution in [-0.4, -0.2) is 33.5 Å². The molecule has 0 unspecified atom stereocenters. The van der Waals surface area contributed by atoms with Gasteiger partial charge in [-0.05, 0) is 30.7 Å². The van der Waals surface area contributed by atoms with Crippen LogP contribution in [-0.2, 0) is 16.0 Å². The fraction of sp³-hybridized carbons (Fsp3) is 0.222. The maximum Gasteiger partial charge on any atom is 0.236 e. The Kier molecular flexibility index (Phi) is 7.54. The summed E-state index contributed by atoms with van der Waals surface area (Å²) in [6.07, 6.45) is 2.27. The smallest absolute Gasteiger partial charge is 0.236 e. The largest absolute Gasteiger partial charge is 0.360 e. The van der Waals surface area contributed by atoms with Gasteiger partial charge in [0.25, 0.3) is 0 Å². The second kappa shape index (κ2) is 10.1. The number of aryl methyl sites for hydroxylation is 1. The molecule has 0 bridgehead atoms. The fourth-order valence-electron chi connectivity index (χ4n) is 2.31. The van der Waals surface area contributed by atoms with Gasteiger partial charge in [-0.15, -0.1) is 23.1 Å². The van der Waals surface area contributed by atoms with Gasteiger partial charge in [-0.2, -0.15) is 0 Å². The van der Waals surface area contributed by atoms with Crippen LogP contribution >= 0.6 is 46.3 Å². The highest BCUT2D eigenvalue weighted by Crippen LogP contribution is 2.27. The molecule has 0 saturated heterocycles. The van der Waals surface area contributed by atoms with Crippen LogP contribution in [0, 0.1) is 6.92 Å². The van der Waals surface area contributed by atoms with Gasteiger partial charge in [-0.25, -0.2) is 4.98 Å². The molecule has 0 radical (unpaired) electrons. The van der Waals surface area contributed by atoms with Crippen molar-refractivity contribution in [3.8, 4) is 0 Å². The fourth-order valence-corrected chi connectivity index (χ4v) is 4.16. The summed E-state index contributed by atoms with van der Waals surface area (Å²) in [5, 5.41) is 10.7. The van der Waals surface area contributed by atoms with E-state index in [1.165, 1.54) is 23.1 Å². The number of nitrogens with one attached hydrogen (secondary N) is 2. The molecular formula is C18H16Cl2N4O3S2. The highest BCUT2D eigenvalue weighted by Gasteiger charge is 2.11. The standard InChI is InChI=1S/C18H16Cl2N4O3S2/c1-10-4-15(24-27-10)22-16(25)8-28-9-17(26)23-18-21-7-13(29-18)6-11-5-12(19)2-3-14(11)20/h2-5,7H,6,8-9H2,1H3,(H,21,23,26)(H,22,24,25). The second-order valence-electron chi connectivity index (χ2n) is 5.96. The summed E-state index contributed by atoms with van der Waals surface area (Å²) in [5.41, 5.74) is 0.893. The number of carbonyl (C=O) groups excluding carboxylic acids is 2. The lowest BCUT2D eigenvalue weighted by Gasteiger charge is -2.03. The molecule has 152 valence electrons. The van der Waals surface area contributed by atoms with Crippen LogP contribution in [0.4, 0.5) is 10.9 Å². The van der Waals surface area contributed by atoms with Gasteiger partial charge in [0.05, 0.1) is 11.5 Å². The third-order valence-electron chi connectivity index (χ3n) is 3.53. The Morgan fingerprint density at radius 3 is 2.66 bits per heavy atom. The van der Waals surface area contributed by atoms with Crippen LogP contribution in [0.2, 0.25) is 10.0 Å². The molecule has 0 aliphatic rings. The molecule has 2 aromatic heterocycles. The normalized spacial score (nSPS) is 10.7. The van der Waals surface area contributed by atoms with Crippen LogP contribution < -0.4 is 10.6 Å². The van der Waals surface area contributed by atoms with Gasteiger partial charge in [0, 0.05) is 33.6 Å². The van der Waals surface area contributed by atoms with E-state index in [0.717, 1.165) is 10.4 Å². The van der Waals surface area contributed by atoms with Gasteiger partial charge in [-0.3, -0.25) is 9.59 Å². The third-order valence-corrected chi connectivity index (χ3v) is 5.98. The predicted octanol–water partition coefficient (Wildman–Crippen LogP) is 4.65. The van der Waals surface area contributed by atoms with E-state index in [0.29, 0.717) is 33.2 Å². The number of amides is 2. The number of hydrogen-bond acceptors (Lipinski definition) is 7. The number of thiazole rings is 1. The quantitative estimate of drug-likeness (QED) is 0.497. The molecule has 0 aliphatic carbocycles. The molecule has 11 heteroatoms. The first-order valence-electron chi connectivity index (χ1n) is 8.38. The van der Waals surface area contributed by atoms with Crippen LogP contribution in [0.1, 0.15) is 16.2 Å². The summed E-state index contributed by atoms with van der Waals surface area (Å²) in [7, 11) is 0. The van der Waals surface area contributed by atoms with Crippen LogP contribution in [0.5, 0.6) is 0 Å².